The molecule has 0 amide bonds. The van der Waals surface area contributed by atoms with Crippen LogP contribution in [0.15, 0.2) is 47.7 Å². The van der Waals surface area contributed by atoms with Crippen LogP contribution in [0.4, 0.5) is 0 Å². The molecule has 0 fully saturated rings. The van der Waals surface area contributed by atoms with Crippen LogP contribution in [0, 0.1) is 6.92 Å². The van der Waals surface area contributed by atoms with Crippen molar-refractivity contribution in [2.75, 3.05) is 6.61 Å². The number of rotatable bonds is 3. The van der Waals surface area contributed by atoms with Crippen molar-refractivity contribution in [2.24, 2.45) is 0 Å². The normalized spacial score (nSPS) is 11.2. The van der Waals surface area contributed by atoms with Gasteiger partial charge < -0.3 is 4.74 Å². The summed E-state index contributed by atoms with van der Waals surface area (Å²) in [5.74, 6) is 1.26. The van der Waals surface area contributed by atoms with Gasteiger partial charge in [0.2, 0.25) is 0 Å². The molecule has 0 bridgehead atoms. The van der Waals surface area contributed by atoms with Crippen LogP contribution in [0.1, 0.15) is 12.6 Å². The summed E-state index contributed by atoms with van der Waals surface area (Å²) >= 11 is 0. The highest BCUT2D eigenvalue weighted by Crippen LogP contribution is 2.17. The third kappa shape index (κ3) is 2.13. The van der Waals surface area contributed by atoms with Gasteiger partial charge in [0.05, 0.1) is 23.2 Å². The van der Waals surface area contributed by atoms with E-state index in [0.29, 0.717) is 29.0 Å². The summed E-state index contributed by atoms with van der Waals surface area (Å²) in [6, 6.07) is 9.26. The summed E-state index contributed by atoms with van der Waals surface area (Å²) in [7, 11) is 0. The summed E-state index contributed by atoms with van der Waals surface area (Å²) in [6.07, 6.45) is 3.17. The number of ether oxygens (including phenoxy) is 1. The maximum Gasteiger partial charge on any atom is 0.266 e. The quantitative estimate of drug-likeness (QED) is 0.578. The van der Waals surface area contributed by atoms with E-state index in [9.17, 15) is 4.79 Å². The van der Waals surface area contributed by atoms with Crippen molar-refractivity contribution in [3.63, 3.8) is 0 Å². The smallest absolute Gasteiger partial charge is 0.266 e. The molecule has 1 aromatic carbocycles. The van der Waals surface area contributed by atoms with Crippen LogP contribution in [0.2, 0.25) is 0 Å². The van der Waals surface area contributed by atoms with Crippen LogP contribution < -0.4 is 10.3 Å². The molecule has 0 saturated heterocycles. The Balaban J connectivity index is 1.94. The minimum atomic E-state index is -0.140. The van der Waals surface area contributed by atoms with Crippen LogP contribution in [0.3, 0.4) is 0 Å². The zero-order chi connectivity index (χ0) is 16.7. The highest BCUT2D eigenvalue weighted by molar-refractivity contribution is 5.82. The lowest BCUT2D eigenvalue weighted by Crippen LogP contribution is -2.20. The molecule has 7 nitrogen and oxygen atoms in total. The van der Waals surface area contributed by atoms with Gasteiger partial charge in [0.25, 0.3) is 11.3 Å². The molecule has 0 spiro atoms. The van der Waals surface area contributed by atoms with Crippen LogP contribution in [-0.2, 0) is 0 Å². The Morgan fingerprint density at radius 1 is 1.17 bits per heavy atom. The monoisotopic (exact) mass is 321 g/mol. The Labute approximate surface area is 137 Å². The van der Waals surface area contributed by atoms with Crippen molar-refractivity contribution in [2.45, 2.75) is 13.8 Å². The Kier molecular flexibility index (Phi) is 3.26. The van der Waals surface area contributed by atoms with E-state index in [2.05, 4.69) is 15.1 Å². The number of aromatic nitrogens is 5. The van der Waals surface area contributed by atoms with E-state index in [1.807, 2.05) is 37.3 Å². The topological polar surface area (TPSA) is 74.3 Å². The second-order valence-electron chi connectivity index (χ2n) is 5.35. The van der Waals surface area contributed by atoms with Crippen molar-refractivity contribution in [1.29, 1.82) is 0 Å². The highest BCUT2D eigenvalue weighted by atomic mass is 16.5. The molecule has 24 heavy (non-hydrogen) atoms. The Bertz CT molecular complexity index is 1100. The average Bonchev–Trinajstić information content (AvgIpc) is 3.04. The van der Waals surface area contributed by atoms with E-state index in [4.69, 9.17) is 4.74 Å². The Hall–Kier alpha value is -3.22. The summed E-state index contributed by atoms with van der Waals surface area (Å²) in [6.45, 7) is 4.34. The molecule has 0 radical (unpaired) electrons. The Morgan fingerprint density at radius 3 is 2.71 bits per heavy atom. The van der Waals surface area contributed by atoms with E-state index < -0.39 is 0 Å². The third-order valence-corrected chi connectivity index (χ3v) is 3.88. The molecule has 0 aliphatic rings. The molecule has 0 aliphatic carbocycles. The highest BCUT2D eigenvalue weighted by Gasteiger charge is 2.13. The first-order valence-corrected chi connectivity index (χ1v) is 7.64. The second-order valence-corrected chi connectivity index (χ2v) is 5.35. The maximum atomic E-state index is 13.0. The first-order valence-electron chi connectivity index (χ1n) is 7.64. The number of hydrogen-bond acceptors (Lipinski definition) is 5. The molecule has 120 valence electrons. The number of hydrogen-bond donors (Lipinski definition) is 0. The lowest BCUT2D eigenvalue weighted by Gasteiger charge is -2.10. The van der Waals surface area contributed by atoms with Gasteiger partial charge >= 0.3 is 0 Å². The largest absolute Gasteiger partial charge is 0.494 e. The minimum Gasteiger partial charge on any atom is -0.494 e. The number of pyridine rings is 1. The molecule has 7 heteroatoms. The zero-order valence-corrected chi connectivity index (χ0v) is 13.3. The van der Waals surface area contributed by atoms with E-state index in [-0.39, 0.29) is 5.56 Å². The van der Waals surface area contributed by atoms with Crippen LogP contribution >= 0.6 is 0 Å². The summed E-state index contributed by atoms with van der Waals surface area (Å²) < 4.78 is 8.61. The second kappa shape index (κ2) is 5.45. The van der Waals surface area contributed by atoms with Crippen LogP contribution in [-0.4, -0.2) is 30.8 Å². The summed E-state index contributed by atoms with van der Waals surface area (Å²) in [4.78, 5) is 21.4. The van der Waals surface area contributed by atoms with E-state index in [1.165, 1.54) is 6.33 Å². The SMILES string of the molecule is CCOc1ccc(-n2ccc3c(c(C)nc4ncnn43)c2=O)cc1. The fraction of sp³-hybridized carbons (Fsp3) is 0.176. The van der Waals surface area contributed by atoms with E-state index in [0.717, 1.165) is 11.4 Å². The summed E-state index contributed by atoms with van der Waals surface area (Å²) in [5, 5.41) is 4.67. The molecule has 0 unspecified atom stereocenters. The molecule has 4 aromatic rings. The number of benzene rings is 1. The van der Waals surface area contributed by atoms with Gasteiger partial charge in [-0.25, -0.2) is 4.98 Å². The molecule has 3 heterocycles. The van der Waals surface area contributed by atoms with Crippen molar-refractivity contribution >= 4 is 16.7 Å². The molecule has 3 aromatic heterocycles. The van der Waals surface area contributed by atoms with Crippen molar-refractivity contribution in [1.82, 2.24) is 24.1 Å². The zero-order valence-electron chi connectivity index (χ0n) is 13.3. The summed E-state index contributed by atoms with van der Waals surface area (Å²) in [5.41, 5.74) is 1.96. The van der Waals surface area contributed by atoms with Crippen molar-refractivity contribution in [3.05, 3.63) is 58.9 Å². The molecule has 0 atom stereocenters. The molecule has 0 N–H and O–H groups in total. The fourth-order valence-electron chi connectivity index (χ4n) is 2.80. The van der Waals surface area contributed by atoms with E-state index >= 15 is 0 Å². The lowest BCUT2D eigenvalue weighted by molar-refractivity contribution is 0.340. The van der Waals surface area contributed by atoms with Gasteiger partial charge in [-0.2, -0.15) is 14.6 Å². The number of fused-ring (bicyclic) bond motifs is 3. The van der Waals surface area contributed by atoms with Gasteiger partial charge in [0.15, 0.2) is 0 Å². The van der Waals surface area contributed by atoms with Gasteiger partial charge in [0, 0.05) is 11.9 Å². The minimum absolute atomic E-state index is 0.140. The van der Waals surface area contributed by atoms with Crippen molar-refractivity contribution in [3.8, 4) is 11.4 Å². The maximum absolute atomic E-state index is 13.0. The van der Waals surface area contributed by atoms with Gasteiger partial charge in [-0.05, 0) is 44.2 Å². The lowest BCUT2D eigenvalue weighted by atomic mass is 10.2. The molecule has 0 saturated carbocycles. The third-order valence-electron chi connectivity index (χ3n) is 3.88. The number of nitrogens with zero attached hydrogens (tertiary/aromatic N) is 5. The molecular weight excluding hydrogens is 306 g/mol. The Morgan fingerprint density at radius 2 is 1.96 bits per heavy atom. The van der Waals surface area contributed by atoms with Gasteiger partial charge in [-0.15, -0.1) is 0 Å². The van der Waals surface area contributed by atoms with Crippen LogP contribution in [0.25, 0.3) is 22.4 Å². The van der Waals surface area contributed by atoms with Gasteiger partial charge in [0.1, 0.15) is 12.1 Å². The van der Waals surface area contributed by atoms with Gasteiger partial charge in [-0.1, -0.05) is 0 Å². The van der Waals surface area contributed by atoms with Crippen LogP contribution in [0.5, 0.6) is 5.75 Å². The number of aryl methyl sites for hydroxylation is 1. The molecule has 0 aliphatic heterocycles. The first kappa shape index (κ1) is 14.4. The predicted octanol–water partition coefficient (Wildman–Crippen LogP) is 2.14. The standard InChI is InChI=1S/C17H15N5O2/c1-3-24-13-6-4-12(5-7-13)21-9-8-14-15(16(21)23)11(2)20-17-18-10-19-22(14)17/h4-10H,3H2,1-2H3. The predicted molar refractivity (Wildman–Crippen MR) is 89.8 cm³/mol. The molecule has 4 rings (SSSR count). The first-order chi connectivity index (χ1) is 11.7. The van der Waals surface area contributed by atoms with Gasteiger partial charge in [-0.3, -0.25) is 9.36 Å². The average molecular weight is 321 g/mol. The van der Waals surface area contributed by atoms with E-state index in [1.54, 1.807) is 22.2 Å². The molecular formula is C17H15N5O2. The van der Waals surface area contributed by atoms with Crippen molar-refractivity contribution < 1.29 is 4.74 Å². The fourth-order valence-corrected chi connectivity index (χ4v) is 2.80.